The summed E-state index contributed by atoms with van der Waals surface area (Å²) in [6.07, 6.45) is 0. The van der Waals surface area contributed by atoms with Gasteiger partial charge in [-0.05, 0) is 18.2 Å². The van der Waals surface area contributed by atoms with Crippen molar-refractivity contribution >= 4 is 26.8 Å². The monoisotopic (exact) mass is 269 g/mol. The maximum Gasteiger partial charge on any atom is 0.236 e. The molecule has 98 valence electrons. The van der Waals surface area contributed by atoms with E-state index >= 15 is 0 Å². The van der Waals surface area contributed by atoms with E-state index in [1.54, 1.807) is 25.1 Å². The molecule has 0 fully saturated rings. The van der Waals surface area contributed by atoms with E-state index in [2.05, 4.69) is 4.98 Å². The van der Waals surface area contributed by atoms with Crippen molar-refractivity contribution in [3.8, 4) is 0 Å². The molecule has 0 bridgehead atoms. The molecule has 7 heteroatoms. The van der Waals surface area contributed by atoms with E-state index in [1.165, 1.54) is 11.4 Å². The first kappa shape index (κ1) is 12.8. The molecule has 0 saturated carbocycles. The average Bonchev–Trinajstić information content (AvgIpc) is 2.66. The van der Waals surface area contributed by atoms with Crippen LogP contribution in [0.25, 0.3) is 11.1 Å². The molecule has 0 saturated heterocycles. The molecule has 0 amide bonds. The number of sulfonamides is 1. The molecule has 0 radical (unpaired) electrons. The molecule has 1 aromatic carbocycles. The summed E-state index contributed by atoms with van der Waals surface area (Å²) in [5, 5.41) is 0. The lowest BCUT2D eigenvalue weighted by Gasteiger charge is -2.18. The Hall–Kier alpha value is -1.60. The van der Waals surface area contributed by atoms with Crippen LogP contribution in [-0.4, -0.2) is 32.7 Å². The number of aromatic nitrogens is 1. The van der Waals surface area contributed by atoms with Crippen molar-refractivity contribution in [1.82, 2.24) is 4.98 Å². The Balaban J connectivity index is 2.41. The van der Waals surface area contributed by atoms with Gasteiger partial charge in [-0.3, -0.25) is 4.31 Å². The Morgan fingerprint density at radius 2 is 2.17 bits per heavy atom. The smallest absolute Gasteiger partial charge is 0.236 e. The van der Waals surface area contributed by atoms with Crippen molar-refractivity contribution in [2.24, 2.45) is 5.73 Å². The number of hydrogen-bond acceptors (Lipinski definition) is 5. The molecule has 1 aromatic heterocycles. The van der Waals surface area contributed by atoms with Crippen molar-refractivity contribution in [2.75, 3.05) is 23.7 Å². The van der Waals surface area contributed by atoms with Gasteiger partial charge in [0.15, 0.2) is 11.5 Å². The van der Waals surface area contributed by atoms with Crippen LogP contribution in [0.1, 0.15) is 5.89 Å². The number of fused-ring (bicyclic) bond motifs is 1. The predicted molar refractivity (Wildman–Crippen MR) is 70.0 cm³/mol. The van der Waals surface area contributed by atoms with Gasteiger partial charge in [0.25, 0.3) is 0 Å². The fraction of sp³-hybridized carbons (Fsp3) is 0.364. The molecule has 0 atom stereocenters. The van der Waals surface area contributed by atoms with Crippen LogP contribution in [0.5, 0.6) is 0 Å². The van der Waals surface area contributed by atoms with Crippen molar-refractivity contribution < 1.29 is 12.8 Å². The molecule has 0 spiro atoms. The van der Waals surface area contributed by atoms with Crippen LogP contribution in [0, 0.1) is 6.92 Å². The van der Waals surface area contributed by atoms with Crippen LogP contribution in [-0.2, 0) is 10.0 Å². The summed E-state index contributed by atoms with van der Waals surface area (Å²) in [6, 6.07) is 5.07. The van der Waals surface area contributed by atoms with E-state index < -0.39 is 10.0 Å². The summed E-state index contributed by atoms with van der Waals surface area (Å²) in [7, 11) is -1.88. The summed E-state index contributed by atoms with van der Waals surface area (Å²) in [4.78, 5) is 4.17. The van der Waals surface area contributed by atoms with Gasteiger partial charge < -0.3 is 10.2 Å². The molecule has 2 rings (SSSR count). The second kappa shape index (κ2) is 4.58. The number of oxazole rings is 1. The van der Waals surface area contributed by atoms with Gasteiger partial charge >= 0.3 is 0 Å². The fourth-order valence-corrected chi connectivity index (χ4v) is 2.68. The lowest BCUT2D eigenvalue weighted by molar-refractivity contribution is 0.561. The Morgan fingerprint density at radius 3 is 2.83 bits per heavy atom. The number of aryl methyl sites for hydroxylation is 1. The molecule has 1 heterocycles. The van der Waals surface area contributed by atoms with E-state index in [0.717, 1.165) is 0 Å². The van der Waals surface area contributed by atoms with Gasteiger partial charge in [-0.25, -0.2) is 13.4 Å². The zero-order chi connectivity index (χ0) is 13.3. The summed E-state index contributed by atoms with van der Waals surface area (Å²) >= 11 is 0. The Bertz CT molecular complexity index is 663. The first-order valence-electron chi connectivity index (χ1n) is 5.48. The predicted octanol–water partition coefficient (Wildman–Crippen LogP) is 0.861. The molecule has 2 aromatic rings. The fourth-order valence-electron chi connectivity index (χ4n) is 1.67. The summed E-state index contributed by atoms with van der Waals surface area (Å²) < 4.78 is 30.3. The topological polar surface area (TPSA) is 89.4 Å². The first-order chi connectivity index (χ1) is 8.44. The minimum Gasteiger partial charge on any atom is -0.441 e. The molecule has 0 aliphatic rings. The molecule has 6 nitrogen and oxygen atoms in total. The van der Waals surface area contributed by atoms with Crippen LogP contribution in [0.3, 0.4) is 0 Å². The van der Waals surface area contributed by atoms with Crippen LogP contribution in [0.4, 0.5) is 5.69 Å². The molecule has 0 aliphatic carbocycles. The van der Waals surface area contributed by atoms with E-state index in [-0.39, 0.29) is 12.3 Å². The second-order valence-corrected chi connectivity index (χ2v) is 6.08. The molecule has 0 unspecified atom stereocenters. The number of nitrogens with zero attached hydrogens (tertiary/aromatic N) is 2. The van der Waals surface area contributed by atoms with Crippen LogP contribution in [0.15, 0.2) is 22.6 Å². The standard InChI is InChI=1S/C11H15N3O3S/c1-8-13-10-7-9(3-4-11(10)17-8)14(2)18(15,16)6-5-12/h3-4,7H,5-6,12H2,1-2H3. The Morgan fingerprint density at radius 1 is 1.44 bits per heavy atom. The molecule has 18 heavy (non-hydrogen) atoms. The van der Waals surface area contributed by atoms with Gasteiger partial charge in [0.1, 0.15) is 5.52 Å². The molecular weight excluding hydrogens is 254 g/mol. The van der Waals surface area contributed by atoms with Crippen LogP contribution >= 0.6 is 0 Å². The van der Waals surface area contributed by atoms with E-state index in [1.807, 2.05) is 0 Å². The minimum absolute atomic E-state index is 0.0839. The highest BCUT2D eigenvalue weighted by molar-refractivity contribution is 7.92. The Labute approximate surface area is 105 Å². The van der Waals surface area contributed by atoms with Gasteiger partial charge in [-0.15, -0.1) is 0 Å². The zero-order valence-corrected chi connectivity index (χ0v) is 11.1. The number of hydrogen-bond donors (Lipinski definition) is 1. The maximum absolute atomic E-state index is 11.9. The number of benzene rings is 1. The lowest BCUT2D eigenvalue weighted by atomic mass is 10.3. The normalized spacial score (nSPS) is 11.9. The quantitative estimate of drug-likeness (QED) is 0.889. The highest BCUT2D eigenvalue weighted by atomic mass is 32.2. The molecular formula is C11H15N3O3S. The highest BCUT2D eigenvalue weighted by Gasteiger charge is 2.18. The Kier molecular flexibility index (Phi) is 3.27. The third-order valence-electron chi connectivity index (χ3n) is 2.63. The van der Waals surface area contributed by atoms with E-state index in [4.69, 9.17) is 10.2 Å². The van der Waals surface area contributed by atoms with Crippen molar-refractivity contribution in [3.05, 3.63) is 24.1 Å². The van der Waals surface area contributed by atoms with E-state index in [9.17, 15) is 8.42 Å². The first-order valence-corrected chi connectivity index (χ1v) is 7.09. The number of nitrogens with two attached hydrogens (primary N) is 1. The van der Waals surface area contributed by atoms with E-state index in [0.29, 0.717) is 22.7 Å². The van der Waals surface area contributed by atoms with Crippen LogP contribution in [0.2, 0.25) is 0 Å². The maximum atomic E-state index is 11.9. The summed E-state index contributed by atoms with van der Waals surface area (Å²) in [6.45, 7) is 1.84. The zero-order valence-electron chi connectivity index (χ0n) is 10.3. The third-order valence-corrected chi connectivity index (χ3v) is 4.43. The number of anilines is 1. The van der Waals surface area contributed by atoms with Gasteiger partial charge in [-0.2, -0.15) is 0 Å². The molecule has 0 aliphatic heterocycles. The van der Waals surface area contributed by atoms with Crippen molar-refractivity contribution in [1.29, 1.82) is 0 Å². The summed E-state index contributed by atoms with van der Waals surface area (Å²) in [5.74, 6) is 0.467. The summed E-state index contributed by atoms with van der Waals surface area (Å²) in [5.41, 5.74) is 7.12. The largest absolute Gasteiger partial charge is 0.441 e. The second-order valence-electron chi connectivity index (χ2n) is 3.96. The lowest BCUT2D eigenvalue weighted by Crippen LogP contribution is -2.31. The number of rotatable bonds is 4. The van der Waals surface area contributed by atoms with Gasteiger partial charge in [-0.1, -0.05) is 0 Å². The highest BCUT2D eigenvalue weighted by Crippen LogP contribution is 2.23. The average molecular weight is 269 g/mol. The third kappa shape index (κ3) is 2.32. The molecule has 2 N–H and O–H groups in total. The van der Waals surface area contributed by atoms with Crippen LogP contribution < -0.4 is 10.0 Å². The van der Waals surface area contributed by atoms with Crippen molar-refractivity contribution in [3.63, 3.8) is 0 Å². The van der Waals surface area contributed by atoms with Gasteiger partial charge in [0.2, 0.25) is 10.0 Å². The van der Waals surface area contributed by atoms with Crippen molar-refractivity contribution in [2.45, 2.75) is 6.92 Å². The van der Waals surface area contributed by atoms with Gasteiger partial charge in [0, 0.05) is 20.5 Å². The van der Waals surface area contributed by atoms with Gasteiger partial charge in [0.05, 0.1) is 11.4 Å². The minimum atomic E-state index is -3.38. The SMILES string of the molecule is Cc1nc2cc(N(C)S(=O)(=O)CCN)ccc2o1.